The highest BCUT2D eigenvalue weighted by Gasteiger charge is 2.17. The third kappa shape index (κ3) is 6.90. The van der Waals surface area contributed by atoms with E-state index in [-0.39, 0.29) is 18.0 Å². The van der Waals surface area contributed by atoms with E-state index in [2.05, 4.69) is 15.9 Å². The zero-order valence-electron chi connectivity index (χ0n) is 13.3. The molecule has 0 spiro atoms. The summed E-state index contributed by atoms with van der Waals surface area (Å²) in [5.41, 5.74) is 0. The monoisotopic (exact) mass is 399 g/mol. The number of nitrogens with zero attached hydrogens (tertiary/aromatic N) is 1. The lowest BCUT2D eigenvalue weighted by Gasteiger charge is -2.29. The molecule has 2 aromatic heterocycles. The minimum absolute atomic E-state index is 0.0819. The van der Waals surface area contributed by atoms with Crippen molar-refractivity contribution in [2.45, 2.75) is 39.8 Å². The lowest BCUT2D eigenvalue weighted by molar-refractivity contribution is -0.129. The second-order valence-corrected chi connectivity index (χ2v) is 8.51. The maximum Gasteiger partial charge on any atom is 0.247 e. The second kappa shape index (κ2) is 9.98. The molecule has 0 N–H and O–H groups in total. The van der Waals surface area contributed by atoms with Crippen molar-refractivity contribution in [1.82, 2.24) is 4.90 Å². The Morgan fingerprint density at radius 1 is 1.09 bits per heavy atom. The zero-order chi connectivity index (χ0) is 16.5. The molecule has 0 aliphatic rings. The van der Waals surface area contributed by atoms with Gasteiger partial charge in [-0.15, -0.1) is 22.7 Å². The van der Waals surface area contributed by atoms with Crippen molar-refractivity contribution in [3.05, 3.63) is 49.8 Å². The van der Waals surface area contributed by atoms with Crippen LogP contribution in [0, 0.1) is 0 Å². The van der Waals surface area contributed by atoms with E-state index in [1.165, 1.54) is 3.79 Å². The maximum absolute atomic E-state index is 12.0. The van der Waals surface area contributed by atoms with Crippen LogP contribution in [0.25, 0.3) is 6.08 Å². The van der Waals surface area contributed by atoms with Crippen LogP contribution >= 0.6 is 38.6 Å². The van der Waals surface area contributed by atoms with Gasteiger partial charge in [0.2, 0.25) is 5.91 Å². The molecule has 0 aliphatic carbocycles. The minimum Gasteiger partial charge on any atom is -0.334 e. The Balaban J connectivity index is 0.000000335. The fourth-order valence-corrected chi connectivity index (χ4v) is 3.53. The molecule has 0 saturated heterocycles. The third-order valence-corrected chi connectivity index (χ3v) is 5.10. The topological polar surface area (TPSA) is 20.3 Å². The van der Waals surface area contributed by atoms with Crippen LogP contribution in [-0.4, -0.2) is 22.9 Å². The number of amides is 1. The Labute approximate surface area is 149 Å². The molecule has 120 valence electrons. The van der Waals surface area contributed by atoms with Gasteiger partial charge in [-0.3, -0.25) is 4.79 Å². The third-order valence-electron chi connectivity index (χ3n) is 2.79. The maximum atomic E-state index is 12.0. The Morgan fingerprint density at radius 2 is 1.68 bits per heavy atom. The minimum atomic E-state index is 0.0819. The van der Waals surface area contributed by atoms with Gasteiger partial charge in [0.1, 0.15) is 0 Å². The summed E-state index contributed by atoms with van der Waals surface area (Å²) in [5.74, 6) is 0.0819. The second-order valence-electron chi connectivity index (χ2n) is 5.20. The molecule has 5 heteroatoms. The standard InChI is InChI=1S/C13H19NOS.C4H3BrS/c1-10(2)14(11(3)4)13(15)8-7-12-6-5-9-16-12;5-4-2-1-3-6-4/h5-11H,1-4H3;1-3H. The molecular weight excluding hydrogens is 378 g/mol. The number of carbonyl (C=O) groups is 1. The first-order chi connectivity index (χ1) is 10.4. The average molecular weight is 400 g/mol. The summed E-state index contributed by atoms with van der Waals surface area (Å²) in [4.78, 5) is 15.0. The zero-order valence-corrected chi connectivity index (χ0v) is 16.5. The molecule has 0 aromatic carbocycles. The Kier molecular flexibility index (Phi) is 8.68. The largest absolute Gasteiger partial charge is 0.334 e. The molecule has 0 fully saturated rings. The highest BCUT2D eigenvalue weighted by molar-refractivity contribution is 9.11. The molecule has 2 rings (SSSR count). The summed E-state index contributed by atoms with van der Waals surface area (Å²) in [5, 5.41) is 4.04. The van der Waals surface area contributed by atoms with E-state index >= 15 is 0 Å². The molecule has 2 heterocycles. The smallest absolute Gasteiger partial charge is 0.247 e. The highest BCUT2D eigenvalue weighted by Crippen LogP contribution is 2.15. The van der Waals surface area contributed by atoms with Gasteiger partial charge in [0.15, 0.2) is 0 Å². The van der Waals surface area contributed by atoms with Crippen LogP contribution in [0.4, 0.5) is 0 Å². The van der Waals surface area contributed by atoms with Crippen LogP contribution in [0.15, 0.2) is 44.9 Å². The molecule has 2 nitrogen and oxygen atoms in total. The van der Waals surface area contributed by atoms with Crippen molar-refractivity contribution < 1.29 is 4.79 Å². The van der Waals surface area contributed by atoms with Crippen molar-refractivity contribution in [2.75, 3.05) is 0 Å². The molecule has 0 bridgehead atoms. The summed E-state index contributed by atoms with van der Waals surface area (Å²) in [7, 11) is 0. The first-order valence-electron chi connectivity index (χ1n) is 7.14. The van der Waals surface area contributed by atoms with Crippen LogP contribution in [0.5, 0.6) is 0 Å². The molecule has 22 heavy (non-hydrogen) atoms. The first-order valence-corrected chi connectivity index (χ1v) is 9.70. The number of hydrogen-bond acceptors (Lipinski definition) is 3. The lowest BCUT2D eigenvalue weighted by atomic mass is 10.2. The van der Waals surface area contributed by atoms with Crippen molar-refractivity contribution in [3.8, 4) is 0 Å². The molecule has 0 radical (unpaired) electrons. The van der Waals surface area contributed by atoms with Gasteiger partial charge in [-0.05, 0) is 72.6 Å². The summed E-state index contributed by atoms with van der Waals surface area (Å²) < 4.78 is 1.20. The lowest BCUT2D eigenvalue weighted by Crippen LogP contribution is -2.41. The summed E-state index contributed by atoms with van der Waals surface area (Å²) in [6.07, 6.45) is 3.54. The predicted molar refractivity (Wildman–Crippen MR) is 102 cm³/mol. The molecule has 0 aliphatic heterocycles. The van der Waals surface area contributed by atoms with E-state index < -0.39 is 0 Å². The first kappa shape index (κ1) is 19.1. The van der Waals surface area contributed by atoms with Crippen molar-refractivity contribution >= 4 is 50.6 Å². The number of halogens is 1. The highest BCUT2D eigenvalue weighted by atomic mass is 79.9. The van der Waals surface area contributed by atoms with E-state index in [1.807, 2.05) is 73.7 Å². The van der Waals surface area contributed by atoms with Crippen LogP contribution in [0.3, 0.4) is 0 Å². The van der Waals surface area contributed by atoms with Gasteiger partial charge in [0.05, 0.1) is 3.79 Å². The molecule has 0 saturated carbocycles. The number of thiophene rings is 2. The molecular formula is C17H22BrNOS2. The Bertz CT molecular complexity index is 552. The van der Waals surface area contributed by atoms with Crippen molar-refractivity contribution in [1.29, 1.82) is 0 Å². The number of carbonyl (C=O) groups excluding carboxylic acids is 1. The van der Waals surface area contributed by atoms with E-state index in [0.29, 0.717) is 0 Å². The molecule has 0 unspecified atom stereocenters. The molecule has 0 atom stereocenters. The van der Waals surface area contributed by atoms with Gasteiger partial charge < -0.3 is 4.90 Å². The van der Waals surface area contributed by atoms with Gasteiger partial charge in [-0.1, -0.05) is 12.1 Å². The van der Waals surface area contributed by atoms with Crippen LogP contribution in [0.2, 0.25) is 0 Å². The van der Waals surface area contributed by atoms with E-state index in [4.69, 9.17) is 0 Å². The fraction of sp³-hybridized carbons (Fsp3) is 0.353. The number of rotatable bonds is 4. The average Bonchev–Trinajstić information content (AvgIpc) is 3.09. The quantitative estimate of drug-likeness (QED) is 0.584. The van der Waals surface area contributed by atoms with Gasteiger partial charge >= 0.3 is 0 Å². The van der Waals surface area contributed by atoms with Crippen LogP contribution < -0.4 is 0 Å². The van der Waals surface area contributed by atoms with Gasteiger partial charge in [-0.2, -0.15) is 0 Å². The summed E-state index contributed by atoms with van der Waals surface area (Å²) in [6, 6.07) is 8.49. The van der Waals surface area contributed by atoms with Crippen molar-refractivity contribution in [3.63, 3.8) is 0 Å². The molecule has 2 aromatic rings. The fourth-order valence-electron chi connectivity index (χ4n) is 1.99. The van der Waals surface area contributed by atoms with Gasteiger partial charge in [-0.25, -0.2) is 0 Å². The van der Waals surface area contributed by atoms with Gasteiger partial charge in [0.25, 0.3) is 0 Å². The Hall–Kier alpha value is -0.910. The normalized spacial score (nSPS) is 10.9. The van der Waals surface area contributed by atoms with Crippen molar-refractivity contribution in [2.24, 2.45) is 0 Å². The predicted octanol–water partition coefficient (Wildman–Crippen LogP) is 5.92. The summed E-state index contributed by atoms with van der Waals surface area (Å²) in [6.45, 7) is 8.15. The van der Waals surface area contributed by atoms with Crippen LogP contribution in [0.1, 0.15) is 32.6 Å². The Morgan fingerprint density at radius 3 is 2.05 bits per heavy atom. The van der Waals surface area contributed by atoms with Gasteiger partial charge in [0, 0.05) is 23.0 Å². The van der Waals surface area contributed by atoms with Crippen LogP contribution in [-0.2, 0) is 4.79 Å². The number of hydrogen-bond donors (Lipinski definition) is 0. The van der Waals surface area contributed by atoms with E-state index in [1.54, 1.807) is 28.7 Å². The van der Waals surface area contributed by atoms with E-state index in [9.17, 15) is 4.79 Å². The molecule has 1 amide bonds. The SMILES string of the molecule is Brc1cccs1.CC(C)N(C(=O)C=Cc1cccs1)C(C)C. The van der Waals surface area contributed by atoms with E-state index in [0.717, 1.165) is 4.88 Å². The summed E-state index contributed by atoms with van der Waals surface area (Å²) >= 11 is 6.63.